The van der Waals surface area contributed by atoms with Crippen molar-refractivity contribution in [2.75, 3.05) is 0 Å². The van der Waals surface area contributed by atoms with E-state index in [-0.39, 0.29) is 25.9 Å². The molecule has 0 rings (SSSR count). The van der Waals surface area contributed by atoms with Gasteiger partial charge in [0.2, 0.25) is 0 Å². The molecule has 0 aromatic carbocycles. The predicted molar refractivity (Wildman–Crippen MR) is 28.9 cm³/mol. The molecule has 4 heavy (non-hydrogen) atoms. The molecule has 2 heteroatoms. The monoisotopic (exact) mass is 98.0 g/mol. The lowest BCUT2D eigenvalue weighted by Gasteiger charge is -0.813. The maximum absolute atomic E-state index is 3.00. The van der Waals surface area contributed by atoms with Crippen LogP contribution in [0.4, 0.5) is 0 Å². The smallest absolute Gasteiger partial charge is 0.106 e. The van der Waals surface area contributed by atoms with Crippen molar-refractivity contribution in [3.8, 4) is 0 Å². The van der Waals surface area contributed by atoms with Crippen LogP contribution < -0.4 is 0 Å². The summed E-state index contributed by atoms with van der Waals surface area (Å²) in [6.07, 6.45) is 0. The van der Waals surface area contributed by atoms with Gasteiger partial charge in [0.1, 0.15) is 0 Å². The summed E-state index contributed by atoms with van der Waals surface area (Å²) in [7, 11) is 0. The first kappa shape index (κ1) is 26.3. The second-order valence-corrected chi connectivity index (χ2v) is 0. The number of hydrogen-bond acceptors (Lipinski definition) is 0. The van der Waals surface area contributed by atoms with Crippen LogP contribution in [0.2, 0.25) is 0 Å². The Bertz CT molecular complexity index is 6.00. The molecule has 0 aromatic heterocycles. The molecule has 0 N–H and O–H groups in total. The molecule has 0 fully saturated rings. The van der Waals surface area contributed by atoms with Crippen LogP contribution in [-0.4, -0.2) is 0 Å². The van der Waals surface area contributed by atoms with Crippen molar-refractivity contribution in [3.63, 3.8) is 0 Å². The minimum Gasteiger partial charge on any atom is -0.197 e. The summed E-state index contributed by atoms with van der Waals surface area (Å²) in [6.45, 7) is 6.00. The highest BCUT2D eigenvalue weighted by Gasteiger charge is 0.601. The Morgan fingerprint density at radius 1 is 1.00 bits per heavy atom. The first-order valence-corrected chi connectivity index (χ1v) is 0.500. The molecule has 0 saturated carbocycles. The summed E-state index contributed by atoms with van der Waals surface area (Å²) < 4.78 is 0. The Kier molecular flexibility index (Phi) is 871. The fourth-order valence-corrected chi connectivity index (χ4v) is 0. The van der Waals surface area contributed by atoms with Gasteiger partial charge in [-0.3, -0.25) is 0 Å². The molecule has 0 unspecified atom stereocenters. The molecule has 0 aliphatic rings. The molecule has 0 aromatic rings. The second-order valence-electron chi connectivity index (χ2n) is 0. The fourth-order valence-electron chi connectivity index (χ4n) is 0. The zero-order valence-electron chi connectivity index (χ0n) is 2.32. The molecule has 0 aliphatic heterocycles. The van der Waals surface area contributed by atoms with E-state index in [1.54, 1.807) is 0 Å². The van der Waals surface area contributed by atoms with E-state index in [1.807, 2.05) is 0 Å². The third kappa shape index (κ3) is 31.4. The highest BCUT2D eigenvalue weighted by molar-refractivity contribution is 7.59. The zero-order chi connectivity index (χ0) is 2.00. The summed E-state index contributed by atoms with van der Waals surface area (Å²) in [5.74, 6) is 0. The van der Waals surface area contributed by atoms with Crippen molar-refractivity contribution in [1.29, 1.82) is 0 Å². The highest BCUT2D eigenvalue weighted by Crippen LogP contribution is 0.862. The second kappa shape index (κ2) is 133. The topological polar surface area (TPSA) is 0 Å². The van der Waals surface area contributed by atoms with Crippen LogP contribution >= 0.6 is 25.9 Å². The molecule has 0 radical (unpaired) electrons. The zero-order valence-corrected chi connectivity index (χ0v) is 4.14. The van der Waals surface area contributed by atoms with Crippen molar-refractivity contribution >= 4 is 25.9 Å². The molecule has 0 bridgehead atoms. The molecule has 0 atom stereocenters. The molecule has 0 aliphatic carbocycles. The lowest BCUT2D eigenvalue weighted by molar-refractivity contribution is 2.81. The number of rotatable bonds is 0. The van der Waals surface area contributed by atoms with E-state index in [0.29, 0.717) is 0 Å². The van der Waals surface area contributed by atoms with Crippen LogP contribution in [0.15, 0.2) is 13.2 Å². The largest absolute Gasteiger partial charge is 0.197 e. The maximum Gasteiger partial charge on any atom is -0.106 e. The minimum absolute atomic E-state index is 0. The molecule has 0 saturated heterocycles. The van der Waals surface area contributed by atoms with E-state index in [1.165, 1.54) is 0 Å². The standard InChI is InChI=1S/C2H4.ClH.H2S/c1-2;;/h1-2H2;1H;1H2. The normalized spacial score (nSPS) is 1.00. The van der Waals surface area contributed by atoms with Gasteiger partial charge in [-0.25, -0.2) is 0 Å². The van der Waals surface area contributed by atoms with Gasteiger partial charge in [0.25, 0.3) is 0 Å². The SMILES string of the molecule is C=C.Cl.S. The predicted octanol–water partition coefficient (Wildman–Crippen LogP) is 1.34. The van der Waals surface area contributed by atoms with Crippen molar-refractivity contribution in [3.05, 3.63) is 13.2 Å². The lowest BCUT2D eigenvalue weighted by Crippen LogP contribution is -0.552. The van der Waals surface area contributed by atoms with Crippen LogP contribution in [0, 0.1) is 0 Å². The van der Waals surface area contributed by atoms with Crippen LogP contribution in [0.5, 0.6) is 0 Å². The van der Waals surface area contributed by atoms with E-state index in [2.05, 4.69) is 13.2 Å². The van der Waals surface area contributed by atoms with Crippen LogP contribution in [-0.2, 0) is 0 Å². The molecule has 0 amide bonds. The van der Waals surface area contributed by atoms with E-state index < -0.39 is 0 Å². The van der Waals surface area contributed by atoms with Gasteiger partial charge in [-0.1, -0.05) is 0 Å². The van der Waals surface area contributed by atoms with Crippen molar-refractivity contribution in [2.45, 2.75) is 0 Å². The first-order valence-electron chi connectivity index (χ1n) is 0.500. The van der Waals surface area contributed by atoms with E-state index in [4.69, 9.17) is 0 Å². The van der Waals surface area contributed by atoms with Gasteiger partial charge in [-0.05, 0) is 0 Å². The van der Waals surface area contributed by atoms with Gasteiger partial charge in [-0.15, -0.1) is 25.6 Å². The van der Waals surface area contributed by atoms with E-state index in [9.17, 15) is 0 Å². The summed E-state index contributed by atoms with van der Waals surface area (Å²) in [5.41, 5.74) is 0. The number of halogens is 1. The van der Waals surface area contributed by atoms with Crippen LogP contribution in [0.1, 0.15) is 0 Å². The van der Waals surface area contributed by atoms with E-state index in [0.717, 1.165) is 0 Å². The van der Waals surface area contributed by atoms with E-state index >= 15 is 0 Å². The Labute approximate surface area is 39.8 Å². The number of hydrogen-bond donors (Lipinski definition) is 0. The summed E-state index contributed by atoms with van der Waals surface area (Å²) in [5, 5.41) is 0. The van der Waals surface area contributed by atoms with Gasteiger partial charge >= 0.3 is 0 Å². The van der Waals surface area contributed by atoms with Gasteiger partial charge in [0.05, 0.1) is 0 Å². The Balaban J connectivity index is -0.00000000500. The summed E-state index contributed by atoms with van der Waals surface area (Å²) in [6, 6.07) is 0. The van der Waals surface area contributed by atoms with Crippen molar-refractivity contribution < 1.29 is 0 Å². The third-order valence-corrected chi connectivity index (χ3v) is 0. The van der Waals surface area contributed by atoms with Crippen molar-refractivity contribution in [2.24, 2.45) is 0 Å². The Morgan fingerprint density at radius 3 is 1.00 bits per heavy atom. The maximum atomic E-state index is 3.00. The van der Waals surface area contributed by atoms with Crippen LogP contribution in [0.25, 0.3) is 0 Å². The van der Waals surface area contributed by atoms with Crippen molar-refractivity contribution in [1.82, 2.24) is 0 Å². The molecule has 0 heterocycles. The molecule has 0 spiro atoms. The molecular formula is C2H7ClS. The third-order valence-electron chi connectivity index (χ3n) is 0. The van der Waals surface area contributed by atoms with Gasteiger partial charge in [0, 0.05) is 0 Å². The highest BCUT2D eigenvalue weighted by atomic mass is 35.5. The summed E-state index contributed by atoms with van der Waals surface area (Å²) in [4.78, 5) is 0. The van der Waals surface area contributed by atoms with Crippen LogP contribution in [0.3, 0.4) is 0 Å². The quantitative estimate of drug-likeness (QED) is 0.401. The average molecular weight is 98.6 g/mol. The molecule has 28 valence electrons. The Hall–Kier alpha value is 0.380. The molecular weight excluding hydrogens is 91.5 g/mol. The van der Waals surface area contributed by atoms with Gasteiger partial charge < -0.3 is 0 Å². The Morgan fingerprint density at radius 2 is 1.00 bits per heavy atom. The average Bonchev–Trinajstić information content (AvgIpc) is 1.00. The minimum atomic E-state index is 0. The van der Waals surface area contributed by atoms with Gasteiger partial charge in [0.15, 0.2) is 0 Å². The molecule has 0 nitrogen and oxygen atoms in total. The summed E-state index contributed by atoms with van der Waals surface area (Å²) >= 11 is 0. The van der Waals surface area contributed by atoms with Gasteiger partial charge in [-0.2, -0.15) is 13.5 Å². The fraction of sp³-hybridized carbons (Fsp3) is 0. The lowest BCUT2D eigenvalue weighted by atomic mass is 11.3. The first-order chi connectivity index (χ1) is 1.00.